The molecule has 6 nitrogen and oxygen atoms in total. The molecule has 4 aromatic rings. The molecule has 0 bridgehead atoms. The second-order valence-electron chi connectivity index (χ2n) is 8.00. The number of benzene rings is 3. The molecule has 7 heteroatoms. The summed E-state index contributed by atoms with van der Waals surface area (Å²) in [5, 5.41) is 15.9. The number of aromatic nitrogens is 3. The molecule has 0 unspecified atom stereocenters. The second-order valence-corrected chi connectivity index (χ2v) is 8.41. The highest BCUT2D eigenvalue weighted by molar-refractivity contribution is 7.80. The van der Waals surface area contributed by atoms with E-state index < -0.39 is 0 Å². The third-order valence-corrected chi connectivity index (χ3v) is 5.78. The van der Waals surface area contributed by atoms with Crippen LogP contribution in [0.5, 0.6) is 11.5 Å². The first-order valence-electron chi connectivity index (χ1n) is 11.2. The van der Waals surface area contributed by atoms with Crippen LogP contribution in [-0.4, -0.2) is 19.9 Å². The van der Waals surface area contributed by atoms with Gasteiger partial charge in [-0.1, -0.05) is 36.8 Å². The fraction of sp³-hybridized carbons (Fsp3) is 0.192. The summed E-state index contributed by atoms with van der Waals surface area (Å²) in [5.74, 6) is 3.58. The van der Waals surface area contributed by atoms with Crippen molar-refractivity contribution in [2.45, 2.75) is 32.2 Å². The van der Waals surface area contributed by atoms with Gasteiger partial charge < -0.3 is 19.9 Å². The van der Waals surface area contributed by atoms with Gasteiger partial charge in [0.25, 0.3) is 0 Å². The fourth-order valence-corrected chi connectivity index (χ4v) is 4.19. The Morgan fingerprint density at radius 1 is 0.788 bits per heavy atom. The molecule has 0 fully saturated rings. The van der Waals surface area contributed by atoms with Crippen LogP contribution in [0.4, 0.5) is 11.4 Å². The molecule has 2 N–H and O–H groups in total. The summed E-state index contributed by atoms with van der Waals surface area (Å²) in [4.78, 5) is 0. The molecule has 0 aliphatic carbocycles. The SMILES string of the molecule is S=C(Nc1ccc(Oc2ccccc2)cc1)Nc1cccc(-c2nnc3n2CCCCC3)c1. The van der Waals surface area contributed by atoms with E-state index in [1.54, 1.807) is 0 Å². The van der Waals surface area contributed by atoms with Gasteiger partial charge >= 0.3 is 0 Å². The Balaban J connectivity index is 1.23. The maximum absolute atomic E-state index is 5.84. The van der Waals surface area contributed by atoms with Gasteiger partial charge in [-0.05, 0) is 73.6 Å². The normalized spacial score (nSPS) is 13.0. The molecule has 0 spiro atoms. The van der Waals surface area contributed by atoms with Crippen LogP contribution in [0.2, 0.25) is 0 Å². The van der Waals surface area contributed by atoms with Gasteiger partial charge in [0.05, 0.1) is 0 Å². The van der Waals surface area contributed by atoms with Crippen LogP contribution in [-0.2, 0) is 13.0 Å². The van der Waals surface area contributed by atoms with E-state index in [0.29, 0.717) is 5.11 Å². The van der Waals surface area contributed by atoms with Crippen LogP contribution in [0.3, 0.4) is 0 Å². The summed E-state index contributed by atoms with van der Waals surface area (Å²) in [7, 11) is 0. The molecule has 1 aromatic heterocycles. The van der Waals surface area contributed by atoms with E-state index in [2.05, 4.69) is 37.5 Å². The number of aryl methyl sites for hydroxylation is 1. The van der Waals surface area contributed by atoms with Crippen LogP contribution in [0, 0.1) is 0 Å². The summed E-state index contributed by atoms with van der Waals surface area (Å²) in [6.45, 7) is 0.972. The molecule has 33 heavy (non-hydrogen) atoms. The van der Waals surface area contributed by atoms with Gasteiger partial charge in [-0.3, -0.25) is 0 Å². The number of hydrogen-bond donors (Lipinski definition) is 2. The Morgan fingerprint density at radius 2 is 1.58 bits per heavy atom. The minimum Gasteiger partial charge on any atom is -0.457 e. The Labute approximate surface area is 198 Å². The number of thiocarbonyl (C=S) groups is 1. The quantitative estimate of drug-likeness (QED) is 0.346. The van der Waals surface area contributed by atoms with Gasteiger partial charge in [0.15, 0.2) is 10.9 Å². The van der Waals surface area contributed by atoms with Gasteiger partial charge in [-0.15, -0.1) is 10.2 Å². The molecule has 0 amide bonds. The highest BCUT2D eigenvalue weighted by Gasteiger charge is 2.16. The van der Waals surface area contributed by atoms with Gasteiger partial charge in [0, 0.05) is 29.9 Å². The number of para-hydroxylation sites is 1. The van der Waals surface area contributed by atoms with Gasteiger partial charge in [0.2, 0.25) is 0 Å². The molecule has 1 aliphatic heterocycles. The lowest BCUT2D eigenvalue weighted by molar-refractivity contribution is 0.483. The Bertz CT molecular complexity index is 1240. The second kappa shape index (κ2) is 9.83. The van der Waals surface area contributed by atoms with E-state index in [9.17, 15) is 0 Å². The summed E-state index contributed by atoms with van der Waals surface area (Å²) >= 11 is 5.53. The molecule has 0 saturated carbocycles. The van der Waals surface area contributed by atoms with Gasteiger partial charge in [-0.25, -0.2) is 0 Å². The maximum atomic E-state index is 5.84. The van der Waals surface area contributed by atoms with Crippen molar-refractivity contribution < 1.29 is 4.74 Å². The minimum absolute atomic E-state index is 0.518. The van der Waals surface area contributed by atoms with Crippen LogP contribution < -0.4 is 15.4 Å². The minimum atomic E-state index is 0.518. The maximum Gasteiger partial charge on any atom is 0.175 e. The van der Waals surface area contributed by atoms with Crippen LogP contribution in [0.25, 0.3) is 11.4 Å². The number of rotatable bonds is 5. The average molecular weight is 456 g/mol. The third-order valence-electron chi connectivity index (χ3n) is 5.58. The molecular formula is C26H25N5OS. The predicted molar refractivity (Wildman–Crippen MR) is 136 cm³/mol. The van der Waals surface area contributed by atoms with E-state index in [4.69, 9.17) is 17.0 Å². The lowest BCUT2D eigenvalue weighted by Crippen LogP contribution is -2.19. The van der Waals surface area contributed by atoms with E-state index in [1.165, 1.54) is 19.3 Å². The number of anilines is 2. The predicted octanol–water partition coefficient (Wildman–Crippen LogP) is 6.27. The van der Waals surface area contributed by atoms with Crippen molar-refractivity contribution in [1.82, 2.24) is 14.8 Å². The standard InChI is InChI=1S/C26H25N5OS/c33-26(27-20-13-15-23(16-14-20)32-22-10-3-1-4-11-22)28-21-9-7-8-19(18-21)25-30-29-24-12-5-2-6-17-31(24)25/h1,3-4,7-11,13-16,18H,2,5-6,12,17H2,(H2,27,28,33). The Morgan fingerprint density at radius 3 is 2.42 bits per heavy atom. The number of ether oxygens (including phenoxy) is 1. The van der Waals surface area contributed by atoms with Crippen molar-refractivity contribution in [3.8, 4) is 22.9 Å². The topological polar surface area (TPSA) is 64.0 Å². The number of hydrogen-bond acceptors (Lipinski definition) is 4. The first kappa shape index (κ1) is 21.2. The molecule has 0 radical (unpaired) electrons. The first-order chi connectivity index (χ1) is 16.2. The average Bonchev–Trinajstić information content (AvgIpc) is 3.09. The molecular weight excluding hydrogens is 430 g/mol. The molecule has 0 atom stereocenters. The molecule has 0 saturated heterocycles. The van der Waals surface area contributed by atoms with Crippen molar-refractivity contribution in [3.05, 3.63) is 84.7 Å². The highest BCUT2D eigenvalue weighted by atomic mass is 32.1. The Kier molecular flexibility index (Phi) is 6.30. The molecule has 5 rings (SSSR count). The van der Waals surface area contributed by atoms with Crippen molar-refractivity contribution in [1.29, 1.82) is 0 Å². The van der Waals surface area contributed by atoms with Crippen LogP contribution >= 0.6 is 12.2 Å². The highest BCUT2D eigenvalue weighted by Crippen LogP contribution is 2.26. The van der Waals surface area contributed by atoms with Gasteiger partial charge in [0.1, 0.15) is 17.3 Å². The van der Waals surface area contributed by atoms with Gasteiger partial charge in [-0.2, -0.15) is 0 Å². The molecule has 166 valence electrons. The fourth-order valence-electron chi connectivity index (χ4n) is 3.96. The van der Waals surface area contributed by atoms with Crippen molar-refractivity contribution in [2.75, 3.05) is 10.6 Å². The smallest absolute Gasteiger partial charge is 0.175 e. The number of nitrogens with one attached hydrogen (secondary N) is 2. The summed E-state index contributed by atoms with van der Waals surface area (Å²) in [6, 6.07) is 25.5. The van der Waals surface area contributed by atoms with Crippen LogP contribution in [0.15, 0.2) is 78.9 Å². The summed E-state index contributed by atoms with van der Waals surface area (Å²) in [5.41, 5.74) is 2.82. The lowest BCUT2D eigenvalue weighted by Gasteiger charge is -2.13. The Hall–Kier alpha value is -3.71. The van der Waals surface area contributed by atoms with E-state index >= 15 is 0 Å². The molecule has 3 aromatic carbocycles. The van der Waals surface area contributed by atoms with E-state index in [1.807, 2.05) is 66.7 Å². The zero-order valence-electron chi connectivity index (χ0n) is 18.2. The number of fused-ring (bicyclic) bond motifs is 1. The van der Waals surface area contributed by atoms with Crippen molar-refractivity contribution in [3.63, 3.8) is 0 Å². The lowest BCUT2D eigenvalue weighted by atomic mass is 10.2. The van der Waals surface area contributed by atoms with Crippen molar-refractivity contribution in [2.24, 2.45) is 0 Å². The summed E-state index contributed by atoms with van der Waals surface area (Å²) in [6.07, 6.45) is 4.58. The van der Waals surface area contributed by atoms with E-state index in [-0.39, 0.29) is 0 Å². The zero-order chi connectivity index (χ0) is 22.5. The molecule has 2 heterocycles. The first-order valence-corrected chi connectivity index (χ1v) is 11.6. The third kappa shape index (κ3) is 5.21. The zero-order valence-corrected chi connectivity index (χ0v) is 19.0. The molecule has 1 aliphatic rings. The number of nitrogens with zero attached hydrogens (tertiary/aromatic N) is 3. The van der Waals surface area contributed by atoms with Crippen molar-refractivity contribution >= 4 is 28.7 Å². The van der Waals surface area contributed by atoms with Crippen LogP contribution in [0.1, 0.15) is 25.1 Å². The summed E-state index contributed by atoms with van der Waals surface area (Å²) < 4.78 is 8.09. The van der Waals surface area contributed by atoms with E-state index in [0.717, 1.165) is 53.1 Å². The largest absolute Gasteiger partial charge is 0.457 e. The monoisotopic (exact) mass is 455 g/mol.